The molecule has 0 saturated heterocycles. The number of halogens is 1. The molecule has 2 nitrogen and oxygen atoms in total. The van der Waals surface area contributed by atoms with E-state index < -0.39 is 0 Å². The van der Waals surface area contributed by atoms with E-state index in [1.165, 1.54) is 20.6 Å². The minimum Gasteiger partial charge on any atom is -0.303 e. The summed E-state index contributed by atoms with van der Waals surface area (Å²) in [6, 6.07) is 7.11. The topological polar surface area (TPSA) is 24.9 Å². The molecular formula is C16H19BrN2S. The Labute approximate surface area is 132 Å². The predicted molar refractivity (Wildman–Crippen MR) is 88.2 cm³/mol. The van der Waals surface area contributed by atoms with E-state index in [4.69, 9.17) is 0 Å². The Kier molecular flexibility index (Phi) is 3.98. The van der Waals surface area contributed by atoms with Gasteiger partial charge in [0.05, 0.1) is 5.54 Å². The van der Waals surface area contributed by atoms with Crippen molar-refractivity contribution in [3.8, 4) is 0 Å². The third-order valence-electron chi connectivity index (χ3n) is 3.89. The largest absolute Gasteiger partial charge is 0.303 e. The molecule has 1 aromatic heterocycles. The van der Waals surface area contributed by atoms with Crippen molar-refractivity contribution in [1.29, 1.82) is 0 Å². The van der Waals surface area contributed by atoms with Crippen molar-refractivity contribution in [2.75, 3.05) is 0 Å². The van der Waals surface area contributed by atoms with E-state index in [1.807, 2.05) is 6.20 Å². The van der Waals surface area contributed by atoms with Gasteiger partial charge in [-0.05, 0) is 56.4 Å². The second-order valence-corrected chi connectivity index (χ2v) is 7.62. The van der Waals surface area contributed by atoms with Gasteiger partial charge in [0.1, 0.15) is 5.01 Å². The van der Waals surface area contributed by atoms with Crippen LogP contribution in [0.25, 0.3) is 0 Å². The van der Waals surface area contributed by atoms with Crippen LogP contribution in [0, 0.1) is 0 Å². The molecule has 1 unspecified atom stereocenters. The fraction of sp³-hybridized carbons (Fsp3) is 0.438. The zero-order valence-electron chi connectivity index (χ0n) is 11.8. The number of thiazole rings is 1. The highest BCUT2D eigenvalue weighted by atomic mass is 79.9. The number of hydrogen-bond donors (Lipinski definition) is 1. The van der Waals surface area contributed by atoms with E-state index in [-0.39, 0.29) is 5.54 Å². The smallest absolute Gasteiger partial charge is 0.113 e. The lowest BCUT2D eigenvalue weighted by Gasteiger charge is -2.39. The molecule has 1 aliphatic rings. The maximum absolute atomic E-state index is 4.60. The van der Waals surface area contributed by atoms with Crippen molar-refractivity contribution in [3.05, 3.63) is 50.4 Å². The lowest BCUT2D eigenvalue weighted by Crippen LogP contribution is -2.49. The van der Waals surface area contributed by atoms with Gasteiger partial charge in [-0.25, -0.2) is 4.98 Å². The van der Waals surface area contributed by atoms with Crippen LogP contribution in [0.4, 0.5) is 0 Å². The van der Waals surface area contributed by atoms with Crippen LogP contribution in [0.2, 0.25) is 0 Å². The number of aromatic nitrogens is 1. The Balaban J connectivity index is 1.99. The molecular weight excluding hydrogens is 332 g/mol. The number of hydrogen-bond acceptors (Lipinski definition) is 3. The van der Waals surface area contributed by atoms with Gasteiger partial charge in [-0.1, -0.05) is 22.0 Å². The molecule has 1 aromatic carbocycles. The lowest BCUT2D eigenvalue weighted by molar-refractivity contribution is 0.267. The van der Waals surface area contributed by atoms with Crippen LogP contribution in [0.1, 0.15) is 36.4 Å². The van der Waals surface area contributed by atoms with Crippen LogP contribution in [0.5, 0.6) is 0 Å². The van der Waals surface area contributed by atoms with Gasteiger partial charge < -0.3 is 5.32 Å². The van der Waals surface area contributed by atoms with Gasteiger partial charge in [0.15, 0.2) is 0 Å². The SMILES string of the molecule is CC(C)NC1(c2nccs2)CCc2cc(Br)ccc2C1. The highest BCUT2D eigenvalue weighted by Gasteiger charge is 2.38. The molecule has 0 radical (unpaired) electrons. The molecule has 2 aromatic rings. The Morgan fingerprint density at radius 1 is 1.35 bits per heavy atom. The van der Waals surface area contributed by atoms with Crippen LogP contribution in [-0.2, 0) is 18.4 Å². The van der Waals surface area contributed by atoms with Crippen molar-refractivity contribution in [3.63, 3.8) is 0 Å². The van der Waals surface area contributed by atoms with Crippen LogP contribution < -0.4 is 5.32 Å². The van der Waals surface area contributed by atoms with Crippen molar-refractivity contribution in [2.45, 2.75) is 44.7 Å². The molecule has 1 heterocycles. The molecule has 0 saturated carbocycles. The first kappa shape index (κ1) is 14.2. The first-order valence-corrected chi connectivity index (χ1v) is 8.71. The summed E-state index contributed by atoms with van der Waals surface area (Å²) in [6.45, 7) is 4.43. The Bertz CT molecular complexity index is 595. The van der Waals surface area contributed by atoms with Crippen LogP contribution in [0.15, 0.2) is 34.2 Å². The van der Waals surface area contributed by atoms with Crippen molar-refractivity contribution < 1.29 is 0 Å². The first-order chi connectivity index (χ1) is 9.59. The van der Waals surface area contributed by atoms with E-state index in [1.54, 1.807) is 11.3 Å². The third-order valence-corrected chi connectivity index (χ3v) is 5.36. The number of benzene rings is 1. The summed E-state index contributed by atoms with van der Waals surface area (Å²) in [6.07, 6.45) is 5.17. The molecule has 106 valence electrons. The summed E-state index contributed by atoms with van der Waals surface area (Å²) in [7, 11) is 0. The molecule has 0 bridgehead atoms. The van der Waals surface area contributed by atoms with E-state index in [2.05, 4.69) is 63.7 Å². The predicted octanol–water partition coefficient (Wildman–Crippen LogP) is 4.29. The zero-order valence-corrected chi connectivity index (χ0v) is 14.2. The van der Waals surface area contributed by atoms with Crippen LogP contribution >= 0.6 is 27.3 Å². The van der Waals surface area contributed by atoms with Gasteiger partial charge in [-0.3, -0.25) is 0 Å². The Morgan fingerprint density at radius 3 is 2.90 bits per heavy atom. The highest BCUT2D eigenvalue weighted by molar-refractivity contribution is 9.10. The molecule has 0 fully saturated rings. The van der Waals surface area contributed by atoms with E-state index in [9.17, 15) is 0 Å². The fourth-order valence-corrected chi connectivity index (χ4v) is 4.38. The van der Waals surface area contributed by atoms with Gasteiger partial charge in [-0.2, -0.15) is 0 Å². The molecule has 4 heteroatoms. The molecule has 3 rings (SSSR count). The van der Waals surface area contributed by atoms with Crippen LogP contribution in [-0.4, -0.2) is 11.0 Å². The normalized spacial score (nSPS) is 22.0. The van der Waals surface area contributed by atoms with E-state index in [0.29, 0.717) is 6.04 Å². The number of fused-ring (bicyclic) bond motifs is 1. The Hall–Kier alpha value is -0.710. The quantitative estimate of drug-likeness (QED) is 0.892. The maximum Gasteiger partial charge on any atom is 0.113 e. The highest BCUT2D eigenvalue weighted by Crippen LogP contribution is 2.38. The van der Waals surface area contributed by atoms with Gasteiger partial charge in [0, 0.05) is 22.1 Å². The molecule has 0 spiro atoms. The fourth-order valence-electron chi connectivity index (χ4n) is 3.14. The zero-order chi connectivity index (χ0) is 14.2. The number of nitrogens with one attached hydrogen (secondary N) is 1. The van der Waals surface area contributed by atoms with Crippen molar-refractivity contribution in [2.24, 2.45) is 0 Å². The third kappa shape index (κ3) is 2.69. The summed E-state index contributed by atoms with van der Waals surface area (Å²) in [4.78, 5) is 4.60. The second-order valence-electron chi connectivity index (χ2n) is 5.81. The summed E-state index contributed by atoms with van der Waals surface area (Å²) in [5.41, 5.74) is 2.92. The molecule has 1 aliphatic carbocycles. The molecule has 20 heavy (non-hydrogen) atoms. The summed E-state index contributed by atoms with van der Waals surface area (Å²) in [5.74, 6) is 0. The lowest BCUT2D eigenvalue weighted by atomic mass is 9.78. The summed E-state index contributed by atoms with van der Waals surface area (Å²) >= 11 is 5.34. The van der Waals surface area contributed by atoms with Gasteiger partial charge in [-0.15, -0.1) is 11.3 Å². The first-order valence-electron chi connectivity index (χ1n) is 7.04. The van der Waals surface area contributed by atoms with Crippen molar-refractivity contribution in [1.82, 2.24) is 10.3 Å². The maximum atomic E-state index is 4.60. The standard InChI is InChI=1S/C16H19BrN2S/c1-11(2)19-16(15-18-7-8-20-15)6-5-12-9-14(17)4-3-13(12)10-16/h3-4,7-9,11,19H,5-6,10H2,1-2H3. The monoisotopic (exact) mass is 350 g/mol. The number of aryl methyl sites for hydroxylation is 1. The molecule has 0 aliphatic heterocycles. The minimum atomic E-state index is 0.00314. The average Bonchev–Trinajstić information content (AvgIpc) is 2.93. The number of rotatable bonds is 3. The van der Waals surface area contributed by atoms with E-state index >= 15 is 0 Å². The molecule has 1 atom stereocenters. The van der Waals surface area contributed by atoms with Crippen molar-refractivity contribution >= 4 is 27.3 Å². The Morgan fingerprint density at radius 2 is 2.20 bits per heavy atom. The van der Waals surface area contributed by atoms with Gasteiger partial charge >= 0.3 is 0 Å². The molecule has 1 N–H and O–H groups in total. The summed E-state index contributed by atoms with van der Waals surface area (Å²) in [5, 5.41) is 7.09. The minimum absolute atomic E-state index is 0.00314. The second kappa shape index (κ2) is 5.58. The van der Waals surface area contributed by atoms with E-state index in [0.717, 1.165) is 19.3 Å². The van der Waals surface area contributed by atoms with Crippen LogP contribution in [0.3, 0.4) is 0 Å². The summed E-state index contributed by atoms with van der Waals surface area (Å²) < 4.78 is 1.18. The molecule has 0 amide bonds. The number of nitrogens with zero attached hydrogens (tertiary/aromatic N) is 1. The van der Waals surface area contributed by atoms with Gasteiger partial charge in [0.2, 0.25) is 0 Å². The average molecular weight is 351 g/mol. The van der Waals surface area contributed by atoms with Gasteiger partial charge in [0.25, 0.3) is 0 Å².